The van der Waals surface area contributed by atoms with E-state index in [1.165, 1.54) is 6.33 Å². The Morgan fingerprint density at radius 2 is 2.33 bits per heavy atom. The highest BCUT2D eigenvalue weighted by Gasteiger charge is 2.32. The van der Waals surface area contributed by atoms with Gasteiger partial charge in [0.25, 0.3) is 0 Å². The molecule has 2 N–H and O–H groups in total. The smallest absolute Gasteiger partial charge is 0.305 e. The van der Waals surface area contributed by atoms with E-state index in [2.05, 4.69) is 29.2 Å². The van der Waals surface area contributed by atoms with Crippen molar-refractivity contribution in [2.24, 2.45) is 5.92 Å². The Hall–Kier alpha value is -1.96. The zero-order chi connectivity index (χ0) is 15.4. The van der Waals surface area contributed by atoms with Crippen molar-refractivity contribution >= 4 is 11.9 Å². The zero-order valence-electron chi connectivity index (χ0n) is 12.3. The number of hydrogen-bond donors (Lipinski definition) is 2. The first-order valence-electron chi connectivity index (χ1n) is 7.07. The molecular weight excluding hydrogens is 274 g/mol. The van der Waals surface area contributed by atoms with E-state index in [0.717, 1.165) is 12.4 Å². The third kappa shape index (κ3) is 4.01. The first-order chi connectivity index (χ1) is 9.97. The van der Waals surface area contributed by atoms with Gasteiger partial charge in [-0.25, -0.2) is 9.67 Å². The van der Waals surface area contributed by atoms with Gasteiger partial charge >= 0.3 is 5.97 Å². The number of rotatable bonds is 6. The highest BCUT2D eigenvalue weighted by molar-refractivity contribution is 5.86. The maximum absolute atomic E-state index is 11.9. The number of piperazine rings is 1. The van der Waals surface area contributed by atoms with Gasteiger partial charge in [-0.15, -0.1) is 0 Å². The van der Waals surface area contributed by atoms with Gasteiger partial charge in [0.2, 0.25) is 5.91 Å². The van der Waals surface area contributed by atoms with Gasteiger partial charge in [0.1, 0.15) is 18.2 Å². The molecule has 0 spiro atoms. The first-order valence-corrected chi connectivity index (χ1v) is 7.07. The van der Waals surface area contributed by atoms with Gasteiger partial charge in [-0.05, 0) is 5.92 Å². The topological polar surface area (TPSA) is 100 Å². The molecule has 1 unspecified atom stereocenters. The molecule has 0 radical (unpaired) electrons. The van der Waals surface area contributed by atoms with Crippen LogP contribution in [-0.4, -0.2) is 55.8 Å². The minimum Gasteiger partial charge on any atom is -0.481 e. The molecule has 1 aromatic heterocycles. The molecule has 0 aromatic carbocycles. The lowest BCUT2D eigenvalue weighted by Gasteiger charge is -2.33. The predicted octanol–water partition coefficient (Wildman–Crippen LogP) is -0.291. The van der Waals surface area contributed by atoms with Crippen LogP contribution in [0.25, 0.3) is 0 Å². The molecule has 116 valence electrons. The van der Waals surface area contributed by atoms with Crippen LogP contribution in [0.15, 0.2) is 6.33 Å². The molecule has 2 heterocycles. The van der Waals surface area contributed by atoms with Crippen LogP contribution in [0, 0.1) is 5.92 Å². The van der Waals surface area contributed by atoms with Crippen LogP contribution in [0.4, 0.5) is 0 Å². The molecule has 8 nitrogen and oxygen atoms in total. The number of aliphatic carboxylic acids is 1. The number of carbonyl (C=O) groups is 2. The van der Waals surface area contributed by atoms with Crippen LogP contribution in [0.2, 0.25) is 0 Å². The van der Waals surface area contributed by atoms with Crippen molar-refractivity contribution < 1.29 is 14.7 Å². The van der Waals surface area contributed by atoms with E-state index in [1.807, 2.05) is 9.58 Å². The van der Waals surface area contributed by atoms with Crippen LogP contribution in [0.1, 0.15) is 26.1 Å². The standard InChI is InChI=1S/C13H21N5O3/c1-9(2)6-18-11(15-8-16-18)7-17-4-3-14-13(21)10(17)5-12(19)20/h8-10H,3-7H2,1-2H3,(H,14,21)(H,19,20). The summed E-state index contributed by atoms with van der Waals surface area (Å²) in [5.74, 6) is -0.0250. The summed E-state index contributed by atoms with van der Waals surface area (Å²) in [6.07, 6.45) is 1.29. The fraction of sp³-hybridized carbons (Fsp3) is 0.692. The molecule has 1 aromatic rings. The summed E-state index contributed by atoms with van der Waals surface area (Å²) in [5.41, 5.74) is 0. The minimum absolute atomic E-state index is 0.204. The lowest BCUT2D eigenvalue weighted by atomic mass is 10.1. The second-order valence-corrected chi connectivity index (χ2v) is 5.63. The van der Waals surface area contributed by atoms with E-state index in [-0.39, 0.29) is 12.3 Å². The average molecular weight is 295 g/mol. The summed E-state index contributed by atoms with van der Waals surface area (Å²) in [5, 5.41) is 15.9. The first kappa shape index (κ1) is 15.4. The van der Waals surface area contributed by atoms with Gasteiger partial charge in [-0.2, -0.15) is 5.10 Å². The van der Waals surface area contributed by atoms with Gasteiger partial charge in [0.15, 0.2) is 0 Å². The van der Waals surface area contributed by atoms with Crippen molar-refractivity contribution in [1.82, 2.24) is 25.0 Å². The monoisotopic (exact) mass is 295 g/mol. The van der Waals surface area contributed by atoms with Gasteiger partial charge in [-0.3, -0.25) is 14.5 Å². The normalized spacial score (nSPS) is 19.8. The van der Waals surface area contributed by atoms with E-state index in [9.17, 15) is 9.59 Å². The predicted molar refractivity (Wildman–Crippen MR) is 74.3 cm³/mol. The zero-order valence-corrected chi connectivity index (χ0v) is 12.3. The Bertz CT molecular complexity index is 514. The number of carboxylic acid groups (broad SMARTS) is 1. The number of carboxylic acids is 1. The van der Waals surface area contributed by atoms with E-state index < -0.39 is 12.0 Å². The van der Waals surface area contributed by atoms with E-state index in [4.69, 9.17) is 5.11 Å². The summed E-state index contributed by atoms with van der Waals surface area (Å²) < 4.78 is 1.81. The van der Waals surface area contributed by atoms with Crippen molar-refractivity contribution in [1.29, 1.82) is 0 Å². The number of aromatic nitrogens is 3. The second kappa shape index (κ2) is 6.66. The van der Waals surface area contributed by atoms with Crippen molar-refractivity contribution in [3.63, 3.8) is 0 Å². The summed E-state index contributed by atoms with van der Waals surface area (Å²) >= 11 is 0. The highest BCUT2D eigenvalue weighted by Crippen LogP contribution is 2.13. The lowest BCUT2D eigenvalue weighted by molar-refractivity contribution is -0.143. The second-order valence-electron chi connectivity index (χ2n) is 5.63. The summed E-state index contributed by atoms with van der Waals surface area (Å²) in [6, 6.07) is -0.652. The summed E-state index contributed by atoms with van der Waals surface area (Å²) in [6.45, 7) is 6.49. The maximum atomic E-state index is 11.9. The highest BCUT2D eigenvalue weighted by atomic mass is 16.4. The number of nitrogens with one attached hydrogen (secondary N) is 1. The lowest BCUT2D eigenvalue weighted by Crippen LogP contribution is -2.55. The summed E-state index contributed by atoms with van der Waals surface area (Å²) in [4.78, 5) is 28.9. The Kier molecular flexibility index (Phi) is 4.89. The third-order valence-corrected chi connectivity index (χ3v) is 3.39. The molecule has 21 heavy (non-hydrogen) atoms. The molecule has 1 fully saturated rings. The Morgan fingerprint density at radius 1 is 1.57 bits per heavy atom. The van der Waals surface area contributed by atoms with E-state index >= 15 is 0 Å². The molecule has 0 saturated carbocycles. The van der Waals surface area contributed by atoms with Crippen LogP contribution in [-0.2, 0) is 22.7 Å². The van der Waals surface area contributed by atoms with E-state index in [0.29, 0.717) is 25.6 Å². The van der Waals surface area contributed by atoms with Crippen LogP contribution >= 0.6 is 0 Å². The number of nitrogens with zero attached hydrogens (tertiary/aromatic N) is 4. The molecule has 1 amide bonds. The average Bonchev–Trinajstić information content (AvgIpc) is 2.80. The minimum atomic E-state index is -0.981. The fourth-order valence-corrected chi connectivity index (χ4v) is 2.43. The Balaban J connectivity index is 2.10. The molecule has 0 aliphatic carbocycles. The molecular formula is C13H21N5O3. The number of carbonyl (C=O) groups excluding carboxylic acids is 1. The van der Waals surface area contributed by atoms with Gasteiger partial charge < -0.3 is 10.4 Å². The molecule has 1 atom stereocenters. The quantitative estimate of drug-likeness (QED) is 0.748. The SMILES string of the molecule is CC(C)Cn1ncnc1CN1CCNC(=O)C1CC(=O)O. The molecule has 2 rings (SSSR count). The van der Waals surface area contributed by atoms with Crippen LogP contribution in [0.3, 0.4) is 0 Å². The van der Waals surface area contributed by atoms with Crippen molar-refractivity contribution in [3.8, 4) is 0 Å². The van der Waals surface area contributed by atoms with Crippen molar-refractivity contribution in [2.45, 2.75) is 39.4 Å². The van der Waals surface area contributed by atoms with Gasteiger partial charge in [-0.1, -0.05) is 13.8 Å². The molecule has 0 bridgehead atoms. The van der Waals surface area contributed by atoms with Crippen LogP contribution < -0.4 is 5.32 Å². The summed E-state index contributed by atoms with van der Waals surface area (Å²) in [7, 11) is 0. The van der Waals surface area contributed by atoms with Gasteiger partial charge in [0, 0.05) is 19.6 Å². The van der Waals surface area contributed by atoms with Crippen LogP contribution in [0.5, 0.6) is 0 Å². The molecule has 1 saturated heterocycles. The van der Waals surface area contributed by atoms with Crippen molar-refractivity contribution in [3.05, 3.63) is 12.2 Å². The third-order valence-electron chi connectivity index (χ3n) is 3.39. The Labute approximate surface area is 123 Å². The van der Waals surface area contributed by atoms with Gasteiger partial charge in [0.05, 0.1) is 13.0 Å². The van der Waals surface area contributed by atoms with Crippen molar-refractivity contribution in [2.75, 3.05) is 13.1 Å². The molecule has 1 aliphatic rings. The number of hydrogen-bond acceptors (Lipinski definition) is 5. The van der Waals surface area contributed by atoms with E-state index in [1.54, 1.807) is 0 Å². The molecule has 1 aliphatic heterocycles. The Morgan fingerprint density at radius 3 is 3.00 bits per heavy atom. The number of amides is 1. The molecule has 8 heteroatoms. The maximum Gasteiger partial charge on any atom is 0.305 e. The fourth-order valence-electron chi connectivity index (χ4n) is 2.43. The largest absolute Gasteiger partial charge is 0.481 e.